The molecule has 0 unspecified atom stereocenters. The van der Waals surface area contributed by atoms with Gasteiger partial charge < -0.3 is 5.11 Å². The second-order valence-corrected chi connectivity index (χ2v) is 4.55. The summed E-state index contributed by atoms with van der Waals surface area (Å²) >= 11 is 5.70. The zero-order chi connectivity index (χ0) is 14.9. The second-order valence-electron chi connectivity index (χ2n) is 4.12. The van der Waals surface area contributed by atoms with Crippen LogP contribution in [-0.4, -0.2) is 11.1 Å². The van der Waals surface area contributed by atoms with E-state index in [0.29, 0.717) is 0 Å². The summed E-state index contributed by atoms with van der Waals surface area (Å²) in [4.78, 5) is 10.5. The van der Waals surface area contributed by atoms with Crippen molar-refractivity contribution in [2.24, 2.45) is 0 Å². The Kier molecular flexibility index (Phi) is 3.99. The predicted octanol–water partition coefficient (Wildman–Crippen LogP) is 4.05. The lowest BCUT2D eigenvalue weighted by atomic mass is 10.0. The summed E-state index contributed by atoms with van der Waals surface area (Å²) in [6.07, 6.45) is -0.652. The Morgan fingerprint density at radius 2 is 1.65 bits per heavy atom. The van der Waals surface area contributed by atoms with Crippen LogP contribution >= 0.6 is 11.6 Å². The lowest BCUT2D eigenvalue weighted by molar-refractivity contribution is -0.136. The highest BCUT2D eigenvalue weighted by Gasteiger charge is 2.16. The maximum absolute atomic E-state index is 13.9. The normalized spacial score (nSPS) is 10.6. The molecule has 0 saturated heterocycles. The van der Waals surface area contributed by atoms with Gasteiger partial charge in [-0.25, -0.2) is 13.2 Å². The van der Waals surface area contributed by atoms with Crippen molar-refractivity contribution in [2.75, 3.05) is 0 Å². The first-order chi connectivity index (χ1) is 9.38. The minimum atomic E-state index is -1.29. The number of carboxylic acids is 1. The molecule has 0 heterocycles. The fraction of sp³-hybridized carbons (Fsp3) is 0.0714. The highest BCUT2D eigenvalue weighted by molar-refractivity contribution is 6.30. The summed E-state index contributed by atoms with van der Waals surface area (Å²) in [5.74, 6) is -3.87. The molecule has 2 nitrogen and oxygen atoms in total. The number of rotatable bonds is 3. The van der Waals surface area contributed by atoms with E-state index in [1.165, 1.54) is 12.1 Å². The molecule has 1 N–H and O–H groups in total. The molecule has 0 amide bonds. The summed E-state index contributed by atoms with van der Waals surface area (Å²) in [5.41, 5.74) is -0.798. The summed E-state index contributed by atoms with van der Waals surface area (Å²) in [6.45, 7) is 0. The Hall–Kier alpha value is -2.01. The molecule has 6 heteroatoms. The standard InChI is InChI=1S/C14H8ClF3O2/c15-8-1-2-11(16)9(5-8)10-6-12(17)7(3-13(10)18)4-14(19)20/h1-3,5-6H,4H2,(H,19,20). The highest BCUT2D eigenvalue weighted by Crippen LogP contribution is 2.30. The van der Waals surface area contributed by atoms with Gasteiger partial charge in [0.1, 0.15) is 17.5 Å². The Morgan fingerprint density at radius 1 is 1.00 bits per heavy atom. The van der Waals surface area contributed by atoms with E-state index in [2.05, 4.69) is 0 Å². The van der Waals surface area contributed by atoms with Gasteiger partial charge >= 0.3 is 5.97 Å². The van der Waals surface area contributed by atoms with Crippen LogP contribution in [-0.2, 0) is 11.2 Å². The van der Waals surface area contributed by atoms with Crippen LogP contribution in [0.1, 0.15) is 5.56 Å². The van der Waals surface area contributed by atoms with E-state index in [0.717, 1.165) is 18.2 Å². The lowest BCUT2D eigenvalue weighted by Crippen LogP contribution is -2.04. The largest absolute Gasteiger partial charge is 0.481 e. The van der Waals surface area contributed by atoms with E-state index < -0.39 is 29.8 Å². The van der Waals surface area contributed by atoms with Gasteiger partial charge in [-0.1, -0.05) is 11.6 Å². The van der Waals surface area contributed by atoms with Crippen molar-refractivity contribution >= 4 is 17.6 Å². The molecule has 0 aromatic heterocycles. The molecular weight excluding hydrogens is 293 g/mol. The Bertz CT molecular complexity index is 686. The first kappa shape index (κ1) is 14.4. The molecule has 20 heavy (non-hydrogen) atoms. The molecule has 0 atom stereocenters. The molecule has 0 spiro atoms. The van der Waals surface area contributed by atoms with Crippen molar-refractivity contribution in [3.8, 4) is 11.1 Å². The fourth-order valence-corrected chi connectivity index (χ4v) is 1.97. The predicted molar refractivity (Wildman–Crippen MR) is 68.1 cm³/mol. The van der Waals surface area contributed by atoms with Gasteiger partial charge in [-0.05, 0) is 30.3 Å². The molecule has 0 fully saturated rings. The zero-order valence-corrected chi connectivity index (χ0v) is 10.7. The maximum Gasteiger partial charge on any atom is 0.307 e. The molecular formula is C14H8ClF3O2. The summed E-state index contributed by atoms with van der Waals surface area (Å²) in [6, 6.07) is 5.01. The van der Waals surface area contributed by atoms with Crippen LogP contribution in [0, 0.1) is 17.5 Å². The Labute approximate surface area is 117 Å². The molecule has 2 rings (SSSR count). The van der Waals surface area contributed by atoms with E-state index >= 15 is 0 Å². The first-order valence-electron chi connectivity index (χ1n) is 5.53. The number of benzene rings is 2. The summed E-state index contributed by atoms with van der Waals surface area (Å²) < 4.78 is 41.3. The SMILES string of the molecule is O=C(O)Cc1cc(F)c(-c2cc(Cl)ccc2F)cc1F. The molecule has 0 aliphatic carbocycles. The minimum Gasteiger partial charge on any atom is -0.481 e. The number of halogens is 4. The third-order valence-corrected chi connectivity index (χ3v) is 2.93. The average molecular weight is 301 g/mol. The van der Waals surface area contributed by atoms with Gasteiger partial charge in [-0.3, -0.25) is 4.79 Å². The number of hydrogen-bond acceptors (Lipinski definition) is 1. The van der Waals surface area contributed by atoms with Gasteiger partial charge in [0.25, 0.3) is 0 Å². The lowest BCUT2D eigenvalue weighted by Gasteiger charge is -2.08. The molecule has 0 radical (unpaired) electrons. The van der Waals surface area contributed by atoms with E-state index in [1.807, 2.05) is 0 Å². The summed E-state index contributed by atoms with van der Waals surface area (Å²) in [5, 5.41) is 8.76. The third-order valence-electron chi connectivity index (χ3n) is 2.70. The van der Waals surface area contributed by atoms with Crippen LogP contribution in [0.5, 0.6) is 0 Å². The number of carboxylic acid groups (broad SMARTS) is 1. The molecule has 0 aliphatic rings. The van der Waals surface area contributed by atoms with Gasteiger partial charge in [-0.2, -0.15) is 0 Å². The van der Waals surface area contributed by atoms with Crippen molar-refractivity contribution < 1.29 is 23.1 Å². The fourth-order valence-electron chi connectivity index (χ4n) is 1.80. The van der Waals surface area contributed by atoms with Crippen LogP contribution in [0.4, 0.5) is 13.2 Å². The van der Waals surface area contributed by atoms with Gasteiger partial charge in [0, 0.05) is 21.7 Å². The minimum absolute atomic E-state index is 0.177. The van der Waals surface area contributed by atoms with E-state index in [-0.39, 0.29) is 21.7 Å². The van der Waals surface area contributed by atoms with Crippen LogP contribution in [0.15, 0.2) is 30.3 Å². The van der Waals surface area contributed by atoms with Crippen molar-refractivity contribution in [1.82, 2.24) is 0 Å². The van der Waals surface area contributed by atoms with Crippen molar-refractivity contribution in [3.05, 3.63) is 58.4 Å². The number of aliphatic carboxylic acids is 1. The van der Waals surface area contributed by atoms with Gasteiger partial charge in [-0.15, -0.1) is 0 Å². The molecule has 0 aliphatic heterocycles. The van der Waals surface area contributed by atoms with Crippen LogP contribution in [0.25, 0.3) is 11.1 Å². The molecule has 0 bridgehead atoms. The van der Waals surface area contributed by atoms with Crippen molar-refractivity contribution in [1.29, 1.82) is 0 Å². The van der Waals surface area contributed by atoms with Crippen molar-refractivity contribution in [2.45, 2.75) is 6.42 Å². The monoisotopic (exact) mass is 300 g/mol. The van der Waals surface area contributed by atoms with Crippen LogP contribution in [0.2, 0.25) is 5.02 Å². The maximum atomic E-state index is 13.9. The highest BCUT2D eigenvalue weighted by atomic mass is 35.5. The van der Waals surface area contributed by atoms with E-state index in [4.69, 9.17) is 16.7 Å². The second kappa shape index (κ2) is 5.54. The number of hydrogen-bond donors (Lipinski definition) is 1. The zero-order valence-electron chi connectivity index (χ0n) is 9.96. The quantitative estimate of drug-likeness (QED) is 0.928. The first-order valence-corrected chi connectivity index (χ1v) is 5.91. The Balaban J connectivity index is 2.56. The number of carbonyl (C=O) groups is 1. The van der Waals surface area contributed by atoms with E-state index in [1.54, 1.807) is 0 Å². The molecule has 2 aromatic rings. The van der Waals surface area contributed by atoms with Crippen molar-refractivity contribution in [3.63, 3.8) is 0 Å². The third kappa shape index (κ3) is 2.93. The van der Waals surface area contributed by atoms with Gasteiger partial charge in [0.15, 0.2) is 0 Å². The van der Waals surface area contributed by atoms with Crippen LogP contribution < -0.4 is 0 Å². The van der Waals surface area contributed by atoms with E-state index in [9.17, 15) is 18.0 Å². The molecule has 104 valence electrons. The smallest absolute Gasteiger partial charge is 0.307 e. The molecule has 2 aromatic carbocycles. The summed E-state index contributed by atoms with van der Waals surface area (Å²) in [7, 11) is 0. The topological polar surface area (TPSA) is 37.3 Å². The molecule has 0 saturated carbocycles. The average Bonchev–Trinajstić information content (AvgIpc) is 2.36. The van der Waals surface area contributed by atoms with Gasteiger partial charge in [0.05, 0.1) is 6.42 Å². The van der Waals surface area contributed by atoms with Crippen LogP contribution in [0.3, 0.4) is 0 Å². The Morgan fingerprint density at radius 3 is 2.30 bits per heavy atom. The van der Waals surface area contributed by atoms with Gasteiger partial charge in [0.2, 0.25) is 0 Å².